The lowest BCUT2D eigenvalue weighted by atomic mass is 10.0. The number of nitrogens with two attached hydrogens (primary N) is 2. The predicted octanol–water partition coefficient (Wildman–Crippen LogP) is 2.12. The van der Waals surface area contributed by atoms with Gasteiger partial charge in [-0.15, -0.1) is 0 Å². The first-order valence-electron chi connectivity index (χ1n) is 6.40. The lowest BCUT2D eigenvalue weighted by Crippen LogP contribution is -2.25. The SMILES string of the molecule is CCC(N)Cc1ccc(OCC(C)C(N)=O)c(Cl)c1. The van der Waals surface area contributed by atoms with Crippen LogP contribution in [-0.2, 0) is 11.2 Å². The summed E-state index contributed by atoms with van der Waals surface area (Å²) in [4.78, 5) is 10.9. The molecule has 0 bridgehead atoms. The van der Waals surface area contributed by atoms with E-state index in [4.69, 9.17) is 27.8 Å². The molecule has 0 radical (unpaired) electrons. The zero-order chi connectivity index (χ0) is 14.4. The average Bonchev–Trinajstić information content (AvgIpc) is 2.37. The molecule has 2 atom stereocenters. The van der Waals surface area contributed by atoms with Gasteiger partial charge in [0.1, 0.15) is 5.75 Å². The van der Waals surface area contributed by atoms with Gasteiger partial charge in [0.05, 0.1) is 17.5 Å². The summed E-state index contributed by atoms with van der Waals surface area (Å²) in [6.07, 6.45) is 1.71. The van der Waals surface area contributed by atoms with E-state index in [-0.39, 0.29) is 24.5 Å². The van der Waals surface area contributed by atoms with Gasteiger partial charge in [0, 0.05) is 6.04 Å². The summed E-state index contributed by atoms with van der Waals surface area (Å²) in [6, 6.07) is 5.72. The molecule has 0 aliphatic rings. The van der Waals surface area contributed by atoms with Gasteiger partial charge in [0.25, 0.3) is 0 Å². The summed E-state index contributed by atoms with van der Waals surface area (Å²) < 4.78 is 5.48. The highest BCUT2D eigenvalue weighted by molar-refractivity contribution is 6.32. The Labute approximate surface area is 119 Å². The van der Waals surface area contributed by atoms with Gasteiger partial charge in [-0.25, -0.2) is 0 Å². The van der Waals surface area contributed by atoms with E-state index in [1.54, 1.807) is 13.0 Å². The van der Waals surface area contributed by atoms with Gasteiger partial charge in [0.2, 0.25) is 5.91 Å². The number of hydrogen-bond acceptors (Lipinski definition) is 3. The highest BCUT2D eigenvalue weighted by Gasteiger charge is 2.11. The molecule has 1 amide bonds. The molecule has 0 saturated heterocycles. The maximum absolute atomic E-state index is 10.9. The van der Waals surface area contributed by atoms with Gasteiger partial charge in [-0.2, -0.15) is 0 Å². The number of rotatable bonds is 7. The first kappa shape index (κ1) is 15.8. The van der Waals surface area contributed by atoms with E-state index >= 15 is 0 Å². The first-order chi connectivity index (χ1) is 8.93. The van der Waals surface area contributed by atoms with E-state index in [0.717, 1.165) is 18.4 Å². The Kier molecular flexibility index (Phi) is 6.12. The van der Waals surface area contributed by atoms with Crippen LogP contribution < -0.4 is 16.2 Å². The largest absolute Gasteiger partial charge is 0.491 e. The molecule has 4 N–H and O–H groups in total. The number of carbonyl (C=O) groups excluding carboxylic acids is 1. The smallest absolute Gasteiger partial charge is 0.223 e. The summed E-state index contributed by atoms with van der Waals surface area (Å²) in [5.41, 5.74) is 12.1. The topological polar surface area (TPSA) is 78.3 Å². The number of hydrogen-bond donors (Lipinski definition) is 2. The van der Waals surface area contributed by atoms with Crippen molar-refractivity contribution in [2.45, 2.75) is 32.7 Å². The Morgan fingerprint density at radius 1 is 1.47 bits per heavy atom. The average molecular weight is 285 g/mol. The molecule has 0 fully saturated rings. The first-order valence-corrected chi connectivity index (χ1v) is 6.78. The Hall–Kier alpha value is -1.26. The van der Waals surface area contributed by atoms with Crippen molar-refractivity contribution in [1.82, 2.24) is 0 Å². The number of primary amides is 1. The molecule has 0 heterocycles. The van der Waals surface area contributed by atoms with E-state index in [9.17, 15) is 4.79 Å². The van der Waals surface area contributed by atoms with Crippen LogP contribution in [0.1, 0.15) is 25.8 Å². The fourth-order valence-corrected chi connectivity index (χ4v) is 1.79. The van der Waals surface area contributed by atoms with Gasteiger partial charge >= 0.3 is 0 Å². The van der Waals surface area contributed by atoms with Crippen LogP contribution in [0.2, 0.25) is 5.02 Å². The van der Waals surface area contributed by atoms with E-state index in [0.29, 0.717) is 10.8 Å². The minimum atomic E-state index is -0.387. The van der Waals surface area contributed by atoms with Gasteiger partial charge in [-0.1, -0.05) is 31.5 Å². The molecule has 1 rings (SSSR count). The highest BCUT2D eigenvalue weighted by atomic mass is 35.5. The normalized spacial score (nSPS) is 13.9. The third-order valence-corrected chi connectivity index (χ3v) is 3.29. The van der Waals surface area contributed by atoms with E-state index in [1.807, 2.05) is 12.1 Å². The summed E-state index contributed by atoms with van der Waals surface area (Å²) >= 11 is 6.14. The van der Waals surface area contributed by atoms with Gasteiger partial charge in [-0.3, -0.25) is 4.79 Å². The van der Waals surface area contributed by atoms with E-state index in [1.165, 1.54) is 0 Å². The molecule has 0 aromatic heterocycles. The molecule has 0 spiro atoms. The third-order valence-electron chi connectivity index (χ3n) is 2.99. The molecule has 19 heavy (non-hydrogen) atoms. The van der Waals surface area contributed by atoms with Crippen molar-refractivity contribution < 1.29 is 9.53 Å². The number of benzene rings is 1. The van der Waals surface area contributed by atoms with Crippen LogP contribution in [0.4, 0.5) is 0 Å². The third kappa shape index (κ3) is 5.09. The second kappa shape index (κ2) is 7.36. The molecule has 106 valence electrons. The van der Waals surface area contributed by atoms with Crippen LogP contribution >= 0.6 is 11.6 Å². The predicted molar refractivity (Wildman–Crippen MR) is 77.3 cm³/mol. The van der Waals surface area contributed by atoms with Crippen LogP contribution in [0.3, 0.4) is 0 Å². The molecule has 0 aliphatic carbocycles. The van der Waals surface area contributed by atoms with Crippen LogP contribution in [0.5, 0.6) is 5.75 Å². The number of carbonyl (C=O) groups is 1. The van der Waals surface area contributed by atoms with Crippen molar-refractivity contribution >= 4 is 17.5 Å². The minimum Gasteiger partial charge on any atom is -0.491 e. The molecule has 0 aliphatic heterocycles. The maximum atomic E-state index is 10.9. The fourth-order valence-electron chi connectivity index (χ4n) is 1.53. The Balaban J connectivity index is 2.64. The Morgan fingerprint density at radius 2 is 2.16 bits per heavy atom. The van der Waals surface area contributed by atoms with Crippen LogP contribution in [0.25, 0.3) is 0 Å². The highest BCUT2D eigenvalue weighted by Crippen LogP contribution is 2.26. The summed E-state index contributed by atoms with van der Waals surface area (Å²) in [5, 5.41) is 0.525. The Morgan fingerprint density at radius 3 is 2.68 bits per heavy atom. The molecule has 0 saturated carbocycles. The van der Waals surface area contributed by atoms with Crippen molar-refractivity contribution in [2.75, 3.05) is 6.61 Å². The standard InChI is InChI=1S/C14H21ClN2O2/c1-3-11(16)6-10-4-5-13(12(15)7-10)19-8-9(2)14(17)18/h4-5,7,9,11H,3,6,8,16H2,1-2H3,(H2,17,18). The summed E-state index contributed by atoms with van der Waals surface area (Å²) in [5.74, 6) is -0.172. The minimum absolute atomic E-state index is 0.137. The van der Waals surface area contributed by atoms with Gasteiger partial charge in [-0.05, 0) is 30.5 Å². The number of halogens is 1. The second-order valence-corrected chi connectivity index (χ2v) is 5.16. The monoisotopic (exact) mass is 284 g/mol. The molecule has 1 aromatic carbocycles. The molecule has 5 heteroatoms. The van der Waals surface area contributed by atoms with Crippen LogP contribution in [0.15, 0.2) is 18.2 Å². The fraction of sp³-hybridized carbons (Fsp3) is 0.500. The second-order valence-electron chi connectivity index (χ2n) is 4.75. The maximum Gasteiger partial charge on any atom is 0.223 e. The lowest BCUT2D eigenvalue weighted by Gasteiger charge is -2.13. The molecule has 4 nitrogen and oxygen atoms in total. The van der Waals surface area contributed by atoms with Crippen LogP contribution in [0, 0.1) is 5.92 Å². The zero-order valence-corrected chi connectivity index (χ0v) is 12.1. The molecular formula is C14H21ClN2O2. The van der Waals surface area contributed by atoms with Crippen molar-refractivity contribution in [2.24, 2.45) is 17.4 Å². The summed E-state index contributed by atoms with van der Waals surface area (Å²) in [7, 11) is 0. The van der Waals surface area contributed by atoms with Crippen molar-refractivity contribution in [1.29, 1.82) is 0 Å². The van der Waals surface area contributed by atoms with Crippen molar-refractivity contribution in [3.8, 4) is 5.75 Å². The van der Waals surface area contributed by atoms with Gasteiger partial charge < -0.3 is 16.2 Å². The number of amides is 1. The Bertz CT molecular complexity index is 437. The van der Waals surface area contributed by atoms with E-state index < -0.39 is 0 Å². The summed E-state index contributed by atoms with van der Waals surface area (Å²) in [6.45, 7) is 3.99. The molecule has 1 aromatic rings. The number of ether oxygens (including phenoxy) is 1. The van der Waals surface area contributed by atoms with Crippen molar-refractivity contribution in [3.63, 3.8) is 0 Å². The van der Waals surface area contributed by atoms with Gasteiger partial charge in [0.15, 0.2) is 0 Å². The van der Waals surface area contributed by atoms with E-state index in [2.05, 4.69) is 6.92 Å². The lowest BCUT2D eigenvalue weighted by molar-refractivity contribution is -0.122. The molecule has 2 unspecified atom stereocenters. The quantitative estimate of drug-likeness (QED) is 0.805. The van der Waals surface area contributed by atoms with Crippen LogP contribution in [-0.4, -0.2) is 18.6 Å². The van der Waals surface area contributed by atoms with Crippen molar-refractivity contribution in [3.05, 3.63) is 28.8 Å². The molecular weight excluding hydrogens is 264 g/mol. The zero-order valence-electron chi connectivity index (χ0n) is 11.4.